The van der Waals surface area contributed by atoms with Gasteiger partial charge >= 0.3 is 11.9 Å². The molecule has 1 fully saturated rings. The van der Waals surface area contributed by atoms with Crippen molar-refractivity contribution >= 4 is 63.1 Å². The highest BCUT2D eigenvalue weighted by molar-refractivity contribution is 7.17. The molecule has 0 bridgehead atoms. The summed E-state index contributed by atoms with van der Waals surface area (Å²) in [7, 11) is 0. The molecule has 1 N–H and O–H groups in total. The maximum absolute atomic E-state index is 13.3. The molecule has 2 aromatic carbocycles. The van der Waals surface area contributed by atoms with E-state index in [4.69, 9.17) is 27.9 Å². The van der Waals surface area contributed by atoms with Gasteiger partial charge in [0.05, 0.1) is 27.4 Å². The maximum atomic E-state index is 13.3. The first-order valence-electron chi connectivity index (χ1n) is 10.3. The Morgan fingerprint density at radius 1 is 1.20 bits per heavy atom. The number of aliphatic hydroxyl groups excluding tert-OH is 1. The van der Waals surface area contributed by atoms with Crippen LogP contribution in [-0.4, -0.2) is 34.4 Å². The molecule has 3 aromatic rings. The molecule has 0 aliphatic carbocycles. The molecule has 2 heterocycles. The zero-order valence-electron chi connectivity index (χ0n) is 18.3. The van der Waals surface area contributed by atoms with E-state index in [9.17, 15) is 19.5 Å². The lowest BCUT2D eigenvalue weighted by molar-refractivity contribution is -0.132. The van der Waals surface area contributed by atoms with E-state index >= 15 is 0 Å². The van der Waals surface area contributed by atoms with Crippen LogP contribution in [0.15, 0.2) is 66.8 Å². The Kier molecular flexibility index (Phi) is 7.07. The molecule has 1 saturated heterocycles. The van der Waals surface area contributed by atoms with Gasteiger partial charge in [-0.25, -0.2) is 9.78 Å². The molecule has 0 spiro atoms. The van der Waals surface area contributed by atoms with Crippen LogP contribution in [0.5, 0.6) is 0 Å². The second-order valence-electron chi connectivity index (χ2n) is 7.51. The smallest absolute Gasteiger partial charge is 0.350 e. The number of carbonyl (C=O) groups is 3. The quantitative estimate of drug-likeness (QED) is 0.144. The highest BCUT2D eigenvalue weighted by Gasteiger charge is 2.48. The highest BCUT2D eigenvalue weighted by Crippen LogP contribution is 2.44. The Bertz CT molecular complexity index is 1380. The fraction of sp³-hybridized carbons (Fsp3) is 0.120. The van der Waals surface area contributed by atoms with Crippen molar-refractivity contribution in [3.05, 3.63) is 98.5 Å². The Morgan fingerprint density at radius 2 is 1.91 bits per heavy atom. The van der Waals surface area contributed by atoms with Gasteiger partial charge in [0.15, 0.2) is 5.13 Å². The van der Waals surface area contributed by atoms with Crippen molar-refractivity contribution in [1.29, 1.82) is 0 Å². The van der Waals surface area contributed by atoms with E-state index in [-0.39, 0.29) is 38.0 Å². The molecular weight excluding hydrogens is 511 g/mol. The summed E-state index contributed by atoms with van der Waals surface area (Å²) in [5.74, 6) is -2.77. The van der Waals surface area contributed by atoms with Gasteiger partial charge in [0, 0.05) is 5.56 Å². The van der Waals surface area contributed by atoms with Gasteiger partial charge in [0.2, 0.25) is 0 Å². The van der Waals surface area contributed by atoms with E-state index in [0.717, 1.165) is 16.2 Å². The molecule has 1 unspecified atom stereocenters. The summed E-state index contributed by atoms with van der Waals surface area (Å²) in [5.41, 5.74) is 0.986. The van der Waals surface area contributed by atoms with Crippen molar-refractivity contribution in [2.45, 2.75) is 13.0 Å². The van der Waals surface area contributed by atoms with E-state index < -0.39 is 23.7 Å². The van der Waals surface area contributed by atoms with E-state index in [1.807, 2.05) is 0 Å². The zero-order valence-corrected chi connectivity index (χ0v) is 20.7. The third-order valence-corrected chi connectivity index (χ3v) is 7.14. The summed E-state index contributed by atoms with van der Waals surface area (Å²) >= 11 is 13.2. The Hall–Kier alpha value is -3.46. The molecule has 1 atom stereocenters. The minimum Gasteiger partial charge on any atom is -0.507 e. The number of rotatable bonds is 6. The minimum absolute atomic E-state index is 0.0103. The number of hydrogen-bond donors (Lipinski definition) is 1. The number of Topliss-reactive ketones (excluding diaryl/α,β-unsaturated/α-hetero) is 1. The van der Waals surface area contributed by atoms with Crippen molar-refractivity contribution in [2.75, 3.05) is 11.5 Å². The van der Waals surface area contributed by atoms with E-state index in [1.165, 1.54) is 18.2 Å². The Balaban J connectivity index is 1.90. The molecule has 1 amide bonds. The zero-order chi connectivity index (χ0) is 25.3. The van der Waals surface area contributed by atoms with Crippen molar-refractivity contribution in [3.63, 3.8) is 0 Å². The number of ether oxygens (including phenoxy) is 1. The van der Waals surface area contributed by atoms with E-state index in [1.54, 1.807) is 43.3 Å². The number of aryl methyl sites for hydroxylation is 1. The number of halogens is 2. The number of aliphatic hydroxyl groups is 1. The molecule has 1 aliphatic rings. The average molecular weight is 529 g/mol. The molecule has 0 radical (unpaired) electrons. The van der Waals surface area contributed by atoms with Crippen LogP contribution >= 0.6 is 34.5 Å². The minimum atomic E-state index is -1.06. The fourth-order valence-corrected chi connectivity index (χ4v) is 4.95. The molecule has 0 saturated carbocycles. The predicted octanol–water partition coefficient (Wildman–Crippen LogP) is 5.73. The van der Waals surface area contributed by atoms with Crippen LogP contribution in [0.3, 0.4) is 0 Å². The lowest BCUT2D eigenvalue weighted by Gasteiger charge is -2.23. The molecule has 10 heteroatoms. The Morgan fingerprint density at radius 3 is 2.57 bits per heavy atom. The number of amides is 1. The highest BCUT2D eigenvalue weighted by atomic mass is 35.5. The maximum Gasteiger partial charge on any atom is 0.350 e. The lowest BCUT2D eigenvalue weighted by atomic mass is 9.95. The molecule has 35 heavy (non-hydrogen) atoms. The van der Waals surface area contributed by atoms with Crippen LogP contribution in [0, 0.1) is 6.92 Å². The number of hydrogen-bond acceptors (Lipinski definition) is 7. The molecule has 1 aliphatic heterocycles. The molecular formula is C25H18Cl2N2O5S. The third kappa shape index (κ3) is 4.60. The van der Waals surface area contributed by atoms with Crippen LogP contribution < -0.4 is 4.90 Å². The van der Waals surface area contributed by atoms with Gasteiger partial charge in [-0.05, 0) is 24.6 Å². The first-order valence-corrected chi connectivity index (χ1v) is 11.9. The lowest BCUT2D eigenvalue weighted by Crippen LogP contribution is -2.29. The van der Waals surface area contributed by atoms with Gasteiger partial charge in [0.25, 0.3) is 5.78 Å². The number of nitrogens with zero attached hydrogens (tertiary/aromatic N) is 2. The van der Waals surface area contributed by atoms with Crippen LogP contribution in [0.25, 0.3) is 5.76 Å². The number of ketones is 1. The number of carbonyl (C=O) groups excluding carboxylic acids is 3. The standard InChI is InChI=1S/C25H18Cl2N2O5S/c1-3-11-34-24(33)22-13(2)28-25(35-22)29-19(15-9-10-16(26)17(27)12-15)18(21(31)23(29)32)20(30)14-7-5-4-6-8-14/h3-10,12,19,30H,1,11H2,2H3/b20-18+. The van der Waals surface area contributed by atoms with Crippen molar-refractivity contribution in [1.82, 2.24) is 4.98 Å². The van der Waals surface area contributed by atoms with E-state index in [0.29, 0.717) is 16.8 Å². The van der Waals surface area contributed by atoms with Gasteiger partial charge in [-0.15, -0.1) is 0 Å². The average Bonchev–Trinajstić information content (AvgIpc) is 3.36. The van der Waals surface area contributed by atoms with Crippen LogP contribution in [0.2, 0.25) is 10.0 Å². The summed E-state index contributed by atoms with van der Waals surface area (Å²) in [6.07, 6.45) is 1.43. The van der Waals surface area contributed by atoms with Crippen LogP contribution in [-0.2, 0) is 14.3 Å². The van der Waals surface area contributed by atoms with Gasteiger partial charge in [-0.2, -0.15) is 0 Å². The monoisotopic (exact) mass is 528 g/mol. The van der Waals surface area contributed by atoms with E-state index in [2.05, 4.69) is 11.6 Å². The van der Waals surface area contributed by atoms with Gasteiger partial charge < -0.3 is 9.84 Å². The van der Waals surface area contributed by atoms with Crippen molar-refractivity contribution < 1.29 is 24.2 Å². The number of benzene rings is 2. The number of aromatic nitrogens is 1. The second kappa shape index (κ2) is 10.0. The summed E-state index contributed by atoms with van der Waals surface area (Å²) in [5, 5.41) is 11.7. The van der Waals surface area contributed by atoms with Gasteiger partial charge in [-0.3, -0.25) is 14.5 Å². The van der Waals surface area contributed by atoms with Crippen molar-refractivity contribution in [2.24, 2.45) is 0 Å². The summed E-state index contributed by atoms with van der Waals surface area (Å²) in [6.45, 7) is 5.12. The number of anilines is 1. The van der Waals surface area contributed by atoms with Crippen LogP contribution in [0.1, 0.15) is 32.5 Å². The Labute approximate surface area is 214 Å². The third-order valence-electron chi connectivity index (χ3n) is 5.26. The molecule has 4 rings (SSSR count). The second-order valence-corrected chi connectivity index (χ2v) is 9.30. The molecule has 7 nitrogen and oxygen atoms in total. The topological polar surface area (TPSA) is 96.8 Å². The first kappa shape index (κ1) is 24.7. The SMILES string of the molecule is C=CCOC(=O)c1sc(N2C(=O)C(=O)/C(=C(/O)c3ccccc3)C2c2ccc(Cl)c(Cl)c2)nc1C. The number of thiazole rings is 1. The number of esters is 1. The fourth-order valence-electron chi connectivity index (χ4n) is 3.65. The normalized spacial score (nSPS) is 17.0. The molecule has 178 valence electrons. The summed E-state index contributed by atoms with van der Waals surface area (Å²) in [6, 6.07) is 12.0. The first-order chi connectivity index (χ1) is 16.7. The largest absolute Gasteiger partial charge is 0.507 e. The summed E-state index contributed by atoms with van der Waals surface area (Å²) < 4.78 is 5.10. The summed E-state index contributed by atoms with van der Waals surface area (Å²) in [4.78, 5) is 44.6. The van der Waals surface area contributed by atoms with Crippen molar-refractivity contribution in [3.8, 4) is 0 Å². The van der Waals surface area contributed by atoms with Gasteiger partial charge in [0.1, 0.15) is 17.2 Å². The van der Waals surface area contributed by atoms with Gasteiger partial charge in [-0.1, -0.05) is 83.6 Å². The predicted molar refractivity (Wildman–Crippen MR) is 135 cm³/mol. The molecule has 1 aromatic heterocycles. The van der Waals surface area contributed by atoms with Crippen LogP contribution in [0.4, 0.5) is 5.13 Å².